The number of hydrogen-bond donors (Lipinski definition) is 2. The molecule has 1 atom stereocenters. The summed E-state index contributed by atoms with van der Waals surface area (Å²) >= 11 is 1.74. The summed E-state index contributed by atoms with van der Waals surface area (Å²) in [5.41, 5.74) is 8.17. The molecule has 0 aliphatic carbocycles. The number of carbonyl (C=O) groups excluding carboxylic acids is 1. The summed E-state index contributed by atoms with van der Waals surface area (Å²) < 4.78 is 0. The topological polar surface area (TPSA) is 55.1 Å². The molecule has 0 saturated carbocycles. The number of hydrogen-bond acceptors (Lipinski definition) is 3. The van der Waals surface area contributed by atoms with Crippen molar-refractivity contribution in [3.63, 3.8) is 0 Å². The minimum atomic E-state index is -0.392. The molecule has 0 aliphatic rings. The molecule has 0 spiro atoms. The summed E-state index contributed by atoms with van der Waals surface area (Å²) in [7, 11) is 0. The van der Waals surface area contributed by atoms with Crippen LogP contribution >= 0.6 is 11.8 Å². The average Bonchev–Trinajstić information content (AvgIpc) is 2.53. The van der Waals surface area contributed by atoms with Crippen molar-refractivity contribution in [1.29, 1.82) is 0 Å². The second-order valence-electron chi connectivity index (χ2n) is 4.94. The quantitative estimate of drug-likeness (QED) is 0.804. The van der Waals surface area contributed by atoms with E-state index in [-0.39, 0.29) is 6.04 Å². The van der Waals surface area contributed by atoms with Crippen molar-refractivity contribution in [3.8, 4) is 0 Å². The monoisotopic (exact) mass is 300 g/mol. The standard InChI is InChI=1S/C17H20N2OS/c1-12(14-7-9-16(21-2)10-8-14)19-11-13-3-5-15(6-4-13)17(18)20/h3-10,12,19H,11H2,1-2H3,(H2,18,20). The van der Waals surface area contributed by atoms with E-state index < -0.39 is 5.91 Å². The van der Waals surface area contributed by atoms with Crippen molar-refractivity contribution in [3.05, 3.63) is 65.2 Å². The van der Waals surface area contributed by atoms with Gasteiger partial charge in [0, 0.05) is 23.0 Å². The first-order valence-electron chi connectivity index (χ1n) is 6.86. The number of nitrogens with two attached hydrogens (primary N) is 1. The number of primary amides is 1. The van der Waals surface area contributed by atoms with Crippen LogP contribution in [0.25, 0.3) is 0 Å². The second kappa shape index (κ2) is 7.29. The van der Waals surface area contributed by atoms with Gasteiger partial charge in [0.05, 0.1) is 0 Å². The van der Waals surface area contributed by atoms with E-state index in [9.17, 15) is 4.79 Å². The molecule has 2 aromatic rings. The van der Waals surface area contributed by atoms with Gasteiger partial charge in [-0.15, -0.1) is 11.8 Å². The van der Waals surface area contributed by atoms with E-state index in [1.807, 2.05) is 12.1 Å². The van der Waals surface area contributed by atoms with Crippen molar-refractivity contribution in [2.75, 3.05) is 6.26 Å². The zero-order valence-electron chi connectivity index (χ0n) is 12.3. The zero-order chi connectivity index (χ0) is 15.2. The van der Waals surface area contributed by atoms with Crippen LogP contribution in [0, 0.1) is 0 Å². The predicted molar refractivity (Wildman–Crippen MR) is 88.4 cm³/mol. The number of nitrogens with one attached hydrogen (secondary N) is 1. The Morgan fingerprint density at radius 1 is 1.14 bits per heavy atom. The largest absolute Gasteiger partial charge is 0.366 e. The molecule has 0 saturated heterocycles. The van der Waals surface area contributed by atoms with Gasteiger partial charge in [0.25, 0.3) is 0 Å². The second-order valence-corrected chi connectivity index (χ2v) is 5.82. The maximum atomic E-state index is 11.0. The third-order valence-corrected chi connectivity index (χ3v) is 4.21. The number of benzene rings is 2. The Balaban J connectivity index is 1.93. The minimum Gasteiger partial charge on any atom is -0.366 e. The number of carbonyl (C=O) groups is 1. The highest BCUT2D eigenvalue weighted by molar-refractivity contribution is 7.98. The van der Waals surface area contributed by atoms with Gasteiger partial charge in [-0.1, -0.05) is 24.3 Å². The molecule has 3 N–H and O–H groups in total. The molecule has 0 radical (unpaired) electrons. The lowest BCUT2D eigenvalue weighted by Crippen LogP contribution is -2.18. The number of amides is 1. The van der Waals surface area contributed by atoms with Gasteiger partial charge in [0.15, 0.2) is 0 Å². The van der Waals surface area contributed by atoms with Crippen LogP contribution in [0.4, 0.5) is 0 Å². The molecular formula is C17H20N2OS. The maximum Gasteiger partial charge on any atom is 0.248 e. The van der Waals surface area contributed by atoms with Gasteiger partial charge in [-0.3, -0.25) is 4.79 Å². The fourth-order valence-electron chi connectivity index (χ4n) is 2.07. The van der Waals surface area contributed by atoms with E-state index in [0.29, 0.717) is 5.56 Å². The molecule has 0 aromatic heterocycles. The molecule has 2 rings (SSSR count). The summed E-state index contributed by atoms with van der Waals surface area (Å²) in [4.78, 5) is 12.3. The fourth-order valence-corrected chi connectivity index (χ4v) is 2.48. The lowest BCUT2D eigenvalue weighted by Gasteiger charge is -2.15. The van der Waals surface area contributed by atoms with Crippen molar-refractivity contribution in [1.82, 2.24) is 5.32 Å². The first-order chi connectivity index (χ1) is 10.1. The first-order valence-corrected chi connectivity index (χ1v) is 8.08. The Kier molecular flexibility index (Phi) is 5.42. The highest BCUT2D eigenvalue weighted by atomic mass is 32.2. The Morgan fingerprint density at radius 3 is 2.29 bits per heavy atom. The zero-order valence-corrected chi connectivity index (χ0v) is 13.1. The summed E-state index contributed by atoms with van der Waals surface area (Å²) in [5, 5.41) is 3.48. The smallest absolute Gasteiger partial charge is 0.248 e. The summed E-state index contributed by atoms with van der Waals surface area (Å²) in [6.07, 6.45) is 2.08. The van der Waals surface area contributed by atoms with Gasteiger partial charge in [-0.05, 0) is 48.6 Å². The van der Waals surface area contributed by atoms with E-state index in [0.717, 1.165) is 12.1 Å². The number of thioether (sulfide) groups is 1. The molecule has 3 nitrogen and oxygen atoms in total. The van der Waals surface area contributed by atoms with E-state index in [4.69, 9.17) is 5.73 Å². The third kappa shape index (κ3) is 4.34. The summed E-state index contributed by atoms with van der Waals surface area (Å²) in [5.74, 6) is -0.392. The van der Waals surface area contributed by atoms with E-state index >= 15 is 0 Å². The first kappa shape index (κ1) is 15.6. The normalized spacial score (nSPS) is 12.1. The highest BCUT2D eigenvalue weighted by Gasteiger charge is 2.05. The summed E-state index contributed by atoms with van der Waals surface area (Å²) in [6.45, 7) is 2.90. The molecule has 21 heavy (non-hydrogen) atoms. The molecule has 0 heterocycles. The van der Waals surface area contributed by atoms with E-state index in [1.54, 1.807) is 23.9 Å². The van der Waals surface area contributed by atoms with Crippen molar-refractivity contribution < 1.29 is 4.79 Å². The van der Waals surface area contributed by atoms with Gasteiger partial charge < -0.3 is 11.1 Å². The van der Waals surface area contributed by atoms with E-state index in [1.165, 1.54) is 10.5 Å². The highest BCUT2D eigenvalue weighted by Crippen LogP contribution is 2.19. The molecule has 0 aliphatic heterocycles. The Morgan fingerprint density at radius 2 is 1.76 bits per heavy atom. The number of rotatable bonds is 6. The van der Waals surface area contributed by atoms with Crippen LogP contribution in [0.2, 0.25) is 0 Å². The van der Waals surface area contributed by atoms with Crippen molar-refractivity contribution in [2.24, 2.45) is 5.73 Å². The third-order valence-electron chi connectivity index (χ3n) is 3.47. The van der Waals surface area contributed by atoms with E-state index in [2.05, 4.69) is 42.8 Å². The van der Waals surface area contributed by atoms with Crippen LogP contribution in [-0.2, 0) is 6.54 Å². The summed E-state index contributed by atoms with van der Waals surface area (Å²) in [6, 6.07) is 16.2. The molecule has 110 valence electrons. The molecule has 1 unspecified atom stereocenters. The van der Waals surface area contributed by atoms with Gasteiger partial charge in [0.2, 0.25) is 5.91 Å². The van der Waals surface area contributed by atoms with Crippen LogP contribution in [0.15, 0.2) is 53.4 Å². The fraction of sp³-hybridized carbons (Fsp3) is 0.235. The van der Waals surface area contributed by atoms with Gasteiger partial charge >= 0.3 is 0 Å². The van der Waals surface area contributed by atoms with Crippen LogP contribution in [-0.4, -0.2) is 12.2 Å². The van der Waals surface area contributed by atoms with Crippen LogP contribution in [0.5, 0.6) is 0 Å². The van der Waals surface area contributed by atoms with Gasteiger partial charge in [0.1, 0.15) is 0 Å². The lowest BCUT2D eigenvalue weighted by molar-refractivity contribution is 0.100. The molecule has 2 aromatic carbocycles. The molecule has 1 amide bonds. The van der Waals surface area contributed by atoms with Gasteiger partial charge in [-0.2, -0.15) is 0 Å². The van der Waals surface area contributed by atoms with Crippen LogP contribution in [0.3, 0.4) is 0 Å². The van der Waals surface area contributed by atoms with Crippen LogP contribution in [0.1, 0.15) is 34.5 Å². The Labute approximate surface area is 129 Å². The SMILES string of the molecule is CSc1ccc(C(C)NCc2ccc(C(N)=O)cc2)cc1. The predicted octanol–water partition coefficient (Wildman–Crippen LogP) is 3.36. The Bertz CT molecular complexity index is 593. The van der Waals surface area contributed by atoms with Crippen molar-refractivity contribution in [2.45, 2.75) is 24.4 Å². The molecular weight excluding hydrogens is 280 g/mol. The van der Waals surface area contributed by atoms with Gasteiger partial charge in [-0.25, -0.2) is 0 Å². The minimum absolute atomic E-state index is 0.275. The average molecular weight is 300 g/mol. The maximum absolute atomic E-state index is 11.0. The molecule has 4 heteroatoms. The molecule has 0 bridgehead atoms. The molecule has 0 fully saturated rings. The Hall–Kier alpha value is -1.78. The van der Waals surface area contributed by atoms with Crippen LogP contribution < -0.4 is 11.1 Å². The van der Waals surface area contributed by atoms with Crippen molar-refractivity contribution >= 4 is 17.7 Å². The lowest BCUT2D eigenvalue weighted by atomic mass is 10.1.